The molecule has 0 saturated carbocycles. The second kappa shape index (κ2) is 6.84. The number of benzene rings is 2. The summed E-state index contributed by atoms with van der Waals surface area (Å²) in [6.45, 7) is 4.13. The fraction of sp³-hybridized carbons (Fsp3) is 0.263. The highest BCUT2D eigenvalue weighted by atomic mass is 16.5. The summed E-state index contributed by atoms with van der Waals surface area (Å²) in [6, 6.07) is 12.1. The SMILES string of the molecule is CCOC(=O)c1c[nH+]c2c(ccc3ccccc32)c1NC[C@H](C)O. The van der Waals surface area contributed by atoms with Crippen LogP contribution in [0.15, 0.2) is 42.6 Å². The number of H-pyrrole nitrogens is 1. The quantitative estimate of drug-likeness (QED) is 0.559. The van der Waals surface area contributed by atoms with Crippen LogP contribution in [0.1, 0.15) is 24.2 Å². The maximum atomic E-state index is 12.3. The molecule has 0 fully saturated rings. The lowest BCUT2D eigenvalue weighted by atomic mass is 10.0. The van der Waals surface area contributed by atoms with Gasteiger partial charge in [0.15, 0.2) is 6.20 Å². The molecule has 1 heterocycles. The number of ether oxygens (including phenoxy) is 1. The number of fused-ring (bicyclic) bond motifs is 3. The lowest BCUT2D eigenvalue weighted by molar-refractivity contribution is -0.343. The summed E-state index contributed by atoms with van der Waals surface area (Å²) in [7, 11) is 0. The highest BCUT2D eigenvalue weighted by molar-refractivity contribution is 6.11. The van der Waals surface area contributed by atoms with E-state index in [2.05, 4.69) is 10.3 Å². The van der Waals surface area contributed by atoms with Crippen LogP contribution < -0.4 is 10.3 Å². The third kappa shape index (κ3) is 3.03. The Labute approximate surface area is 140 Å². The Morgan fingerprint density at radius 2 is 2.04 bits per heavy atom. The van der Waals surface area contributed by atoms with E-state index >= 15 is 0 Å². The average Bonchev–Trinajstić information content (AvgIpc) is 2.59. The predicted octanol–water partition coefficient (Wildman–Crippen LogP) is 2.78. The molecule has 0 aliphatic carbocycles. The molecular weight excluding hydrogens is 304 g/mol. The van der Waals surface area contributed by atoms with Gasteiger partial charge in [0.25, 0.3) is 0 Å². The first-order valence-corrected chi connectivity index (χ1v) is 8.07. The molecule has 0 aliphatic heterocycles. The number of hydrogen-bond donors (Lipinski definition) is 2. The number of rotatable bonds is 5. The van der Waals surface area contributed by atoms with Crippen LogP contribution in [0.2, 0.25) is 0 Å². The van der Waals surface area contributed by atoms with Gasteiger partial charge < -0.3 is 15.2 Å². The molecule has 3 N–H and O–H groups in total. The molecule has 24 heavy (non-hydrogen) atoms. The van der Waals surface area contributed by atoms with Crippen LogP contribution in [-0.2, 0) is 4.74 Å². The summed E-state index contributed by atoms with van der Waals surface area (Å²) >= 11 is 0. The number of aliphatic hydroxyl groups excluding tert-OH is 1. The van der Waals surface area contributed by atoms with Gasteiger partial charge in [-0.3, -0.25) is 0 Å². The summed E-state index contributed by atoms with van der Waals surface area (Å²) in [5.41, 5.74) is 2.04. The van der Waals surface area contributed by atoms with Crippen molar-refractivity contribution in [1.82, 2.24) is 0 Å². The molecule has 2 aromatic carbocycles. The van der Waals surface area contributed by atoms with Crippen molar-refractivity contribution in [1.29, 1.82) is 0 Å². The van der Waals surface area contributed by atoms with Gasteiger partial charge in [0.2, 0.25) is 5.52 Å². The van der Waals surface area contributed by atoms with E-state index in [1.54, 1.807) is 20.0 Å². The monoisotopic (exact) mass is 325 g/mol. The molecule has 0 unspecified atom stereocenters. The molecule has 1 aromatic heterocycles. The highest BCUT2D eigenvalue weighted by Gasteiger charge is 2.21. The number of esters is 1. The smallest absolute Gasteiger partial charge is 0.346 e. The van der Waals surface area contributed by atoms with Gasteiger partial charge in [0.05, 0.1) is 29.2 Å². The number of anilines is 1. The van der Waals surface area contributed by atoms with Crippen LogP contribution in [0.25, 0.3) is 21.7 Å². The summed E-state index contributed by atoms with van der Waals surface area (Å²) in [6.07, 6.45) is 1.14. The average molecular weight is 325 g/mol. The lowest BCUT2D eigenvalue weighted by Crippen LogP contribution is -2.20. The number of pyridine rings is 1. The van der Waals surface area contributed by atoms with Gasteiger partial charge in [-0.15, -0.1) is 0 Å². The maximum absolute atomic E-state index is 12.3. The lowest BCUT2D eigenvalue weighted by Gasteiger charge is -2.13. The van der Waals surface area contributed by atoms with Crippen molar-refractivity contribution < 1.29 is 19.6 Å². The number of hydrogen-bond acceptors (Lipinski definition) is 4. The number of carbonyl (C=O) groups excluding carboxylic acids is 1. The second-order valence-electron chi connectivity index (χ2n) is 5.74. The zero-order valence-corrected chi connectivity index (χ0v) is 13.8. The van der Waals surface area contributed by atoms with Crippen molar-refractivity contribution in [2.45, 2.75) is 20.0 Å². The minimum Gasteiger partial charge on any atom is -0.462 e. The van der Waals surface area contributed by atoms with Gasteiger partial charge in [0.1, 0.15) is 5.56 Å². The highest BCUT2D eigenvalue weighted by Crippen LogP contribution is 2.30. The number of aromatic nitrogens is 1. The zero-order chi connectivity index (χ0) is 17.1. The Kier molecular flexibility index (Phi) is 4.62. The normalized spacial score (nSPS) is 12.3. The van der Waals surface area contributed by atoms with Crippen LogP contribution >= 0.6 is 0 Å². The molecule has 0 radical (unpaired) electrons. The first kappa shape index (κ1) is 16.2. The van der Waals surface area contributed by atoms with Gasteiger partial charge in [-0.25, -0.2) is 9.78 Å². The van der Waals surface area contributed by atoms with Crippen LogP contribution in [-0.4, -0.2) is 30.3 Å². The Bertz CT molecular complexity index is 890. The Hall–Kier alpha value is -2.66. The van der Waals surface area contributed by atoms with Crippen molar-refractivity contribution in [3.05, 3.63) is 48.2 Å². The molecule has 0 bridgehead atoms. The van der Waals surface area contributed by atoms with Gasteiger partial charge in [0, 0.05) is 6.54 Å². The van der Waals surface area contributed by atoms with Crippen LogP contribution in [0.4, 0.5) is 5.69 Å². The topological polar surface area (TPSA) is 72.7 Å². The Morgan fingerprint density at radius 1 is 1.25 bits per heavy atom. The fourth-order valence-corrected chi connectivity index (χ4v) is 2.81. The molecule has 3 rings (SSSR count). The van der Waals surface area contributed by atoms with Crippen molar-refractivity contribution in [3.8, 4) is 0 Å². The van der Waals surface area contributed by atoms with Gasteiger partial charge in [-0.2, -0.15) is 0 Å². The van der Waals surface area contributed by atoms with E-state index in [-0.39, 0.29) is 0 Å². The molecule has 0 saturated heterocycles. The number of nitrogens with one attached hydrogen (secondary N) is 2. The number of carbonyl (C=O) groups is 1. The van der Waals surface area contributed by atoms with Crippen LogP contribution in [0.3, 0.4) is 0 Å². The number of aromatic amines is 1. The van der Waals surface area contributed by atoms with Crippen molar-refractivity contribution in [2.24, 2.45) is 0 Å². The van der Waals surface area contributed by atoms with E-state index in [9.17, 15) is 9.90 Å². The third-order valence-electron chi connectivity index (χ3n) is 3.90. The van der Waals surface area contributed by atoms with Crippen LogP contribution in [0.5, 0.6) is 0 Å². The number of aliphatic hydroxyl groups is 1. The van der Waals surface area contributed by atoms with E-state index in [1.165, 1.54) is 0 Å². The summed E-state index contributed by atoms with van der Waals surface area (Å²) in [4.78, 5) is 15.5. The Morgan fingerprint density at radius 3 is 2.79 bits per heavy atom. The second-order valence-corrected chi connectivity index (χ2v) is 5.74. The first-order valence-electron chi connectivity index (χ1n) is 8.07. The van der Waals surface area contributed by atoms with E-state index in [4.69, 9.17) is 4.74 Å². The van der Waals surface area contributed by atoms with E-state index < -0.39 is 12.1 Å². The van der Waals surface area contributed by atoms with Gasteiger partial charge in [-0.1, -0.05) is 24.3 Å². The van der Waals surface area contributed by atoms with Gasteiger partial charge in [-0.05, 0) is 31.4 Å². The molecule has 5 nitrogen and oxygen atoms in total. The van der Waals surface area contributed by atoms with E-state index in [0.717, 1.165) is 21.7 Å². The molecule has 1 atom stereocenters. The Balaban J connectivity index is 2.22. The van der Waals surface area contributed by atoms with Crippen molar-refractivity contribution in [3.63, 3.8) is 0 Å². The van der Waals surface area contributed by atoms with E-state index in [0.29, 0.717) is 24.4 Å². The van der Waals surface area contributed by atoms with Crippen molar-refractivity contribution in [2.75, 3.05) is 18.5 Å². The largest absolute Gasteiger partial charge is 0.462 e. The minimum absolute atomic E-state index is 0.310. The third-order valence-corrected chi connectivity index (χ3v) is 3.90. The molecule has 0 spiro atoms. The molecular formula is C19H21N2O3+. The zero-order valence-electron chi connectivity index (χ0n) is 13.8. The molecule has 5 heteroatoms. The standard InChI is InChI=1S/C19H20N2O3/c1-3-24-19(23)16-11-21-17-14-7-5-4-6-13(14)8-9-15(17)18(16)20-10-12(2)22/h4-9,11-12,22H,3,10H2,1-2H3,(H,20,21)/p+1/t12-/m0/s1. The molecule has 3 aromatic rings. The predicted molar refractivity (Wildman–Crippen MR) is 94.1 cm³/mol. The summed E-state index contributed by atoms with van der Waals surface area (Å²) < 4.78 is 5.15. The first-order chi connectivity index (χ1) is 11.6. The molecule has 0 amide bonds. The van der Waals surface area contributed by atoms with Gasteiger partial charge >= 0.3 is 5.97 Å². The van der Waals surface area contributed by atoms with Crippen LogP contribution in [0, 0.1) is 0 Å². The fourth-order valence-electron chi connectivity index (χ4n) is 2.81. The van der Waals surface area contributed by atoms with Crippen molar-refractivity contribution >= 4 is 33.3 Å². The molecule has 0 aliphatic rings. The summed E-state index contributed by atoms with van der Waals surface area (Å²) in [5.74, 6) is -0.392. The minimum atomic E-state index is -0.528. The molecule has 124 valence electrons. The summed E-state index contributed by atoms with van der Waals surface area (Å²) in [5, 5.41) is 15.9. The van der Waals surface area contributed by atoms with E-state index in [1.807, 2.05) is 36.4 Å². The maximum Gasteiger partial charge on any atom is 0.346 e.